The summed E-state index contributed by atoms with van der Waals surface area (Å²) in [5.74, 6) is -0.275. The fourth-order valence-electron chi connectivity index (χ4n) is 6.01. The number of thioether (sulfide) groups is 1. The van der Waals surface area contributed by atoms with Crippen LogP contribution in [0.2, 0.25) is 0 Å². The van der Waals surface area contributed by atoms with Gasteiger partial charge in [-0.3, -0.25) is 14.5 Å². The van der Waals surface area contributed by atoms with Gasteiger partial charge in [-0.2, -0.15) is 0 Å². The van der Waals surface area contributed by atoms with Gasteiger partial charge in [0.2, 0.25) is 5.91 Å². The molecule has 0 aromatic heterocycles. The first-order chi connectivity index (χ1) is 18.0. The number of benzene rings is 2. The second kappa shape index (κ2) is 11.8. The molecule has 7 heteroatoms. The van der Waals surface area contributed by atoms with Crippen LogP contribution >= 0.6 is 11.8 Å². The standard InChI is InChI=1S/C30H36FN3O2S/c1-2-33-16-6-9-25(33)19-32-29(35)23-12-15-27-26(18-23)34(20-22-10-13-24(31)14-11-22)30(36)28(37-27)17-21-7-4-3-5-8-21/h3-5,7-8,10-11,13-14,17,23,25-27H,2,6,9,12,15-16,18-20H2,1H3,(H,32,35)/b28-17-. The second-order valence-corrected chi connectivity index (χ2v) is 11.7. The van der Waals surface area contributed by atoms with Crippen molar-refractivity contribution in [1.29, 1.82) is 0 Å². The molecule has 1 aliphatic carbocycles. The Morgan fingerprint density at radius 1 is 1.11 bits per heavy atom. The van der Waals surface area contributed by atoms with Gasteiger partial charge in [0.15, 0.2) is 0 Å². The Morgan fingerprint density at radius 2 is 1.89 bits per heavy atom. The first-order valence-electron chi connectivity index (χ1n) is 13.5. The number of hydrogen-bond donors (Lipinski definition) is 1. The van der Waals surface area contributed by atoms with E-state index in [9.17, 15) is 14.0 Å². The van der Waals surface area contributed by atoms with Crippen LogP contribution in [0.5, 0.6) is 0 Å². The number of fused-ring (bicyclic) bond motifs is 1. The number of likely N-dealkylation sites (N-methyl/N-ethyl adjacent to an activating group) is 1. The Hall–Kier alpha value is -2.64. The number of nitrogens with one attached hydrogen (secondary N) is 1. The molecule has 1 N–H and O–H groups in total. The topological polar surface area (TPSA) is 52.7 Å². The minimum Gasteiger partial charge on any atom is -0.354 e. The normalized spacial score (nSPS) is 27.4. The van der Waals surface area contributed by atoms with Crippen LogP contribution in [0, 0.1) is 11.7 Å². The van der Waals surface area contributed by atoms with E-state index in [-0.39, 0.29) is 34.8 Å². The van der Waals surface area contributed by atoms with Crippen LogP contribution in [-0.2, 0) is 16.1 Å². The smallest absolute Gasteiger partial charge is 0.260 e. The second-order valence-electron chi connectivity index (χ2n) is 10.4. The van der Waals surface area contributed by atoms with Crippen molar-refractivity contribution in [2.24, 2.45) is 5.92 Å². The highest BCUT2D eigenvalue weighted by atomic mass is 32.2. The fraction of sp³-hybridized carbons (Fsp3) is 0.467. The molecule has 37 heavy (non-hydrogen) atoms. The van der Waals surface area contributed by atoms with Gasteiger partial charge in [0.1, 0.15) is 5.82 Å². The van der Waals surface area contributed by atoms with Gasteiger partial charge in [-0.15, -0.1) is 11.8 Å². The van der Waals surface area contributed by atoms with E-state index in [1.165, 1.54) is 18.6 Å². The third-order valence-corrected chi connectivity index (χ3v) is 9.46. The lowest BCUT2D eigenvalue weighted by Gasteiger charge is -2.46. The summed E-state index contributed by atoms with van der Waals surface area (Å²) >= 11 is 1.66. The predicted molar refractivity (Wildman–Crippen MR) is 147 cm³/mol. The minimum atomic E-state index is -0.287. The monoisotopic (exact) mass is 521 g/mol. The van der Waals surface area contributed by atoms with Crippen LogP contribution in [0.4, 0.5) is 4.39 Å². The molecule has 3 fully saturated rings. The molecular formula is C30H36FN3O2S. The van der Waals surface area contributed by atoms with Crippen molar-refractivity contribution in [1.82, 2.24) is 15.1 Å². The van der Waals surface area contributed by atoms with Gasteiger partial charge in [0.25, 0.3) is 5.91 Å². The molecule has 5 rings (SSSR count). The van der Waals surface area contributed by atoms with E-state index < -0.39 is 0 Å². The molecule has 2 amide bonds. The van der Waals surface area contributed by atoms with E-state index >= 15 is 0 Å². The zero-order valence-corrected chi connectivity index (χ0v) is 22.3. The average Bonchev–Trinajstić information content (AvgIpc) is 3.39. The van der Waals surface area contributed by atoms with Gasteiger partial charge in [-0.1, -0.05) is 49.4 Å². The molecule has 0 bridgehead atoms. The number of nitrogens with zero attached hydrogens (tertiary/aromatic N) is 2. The molecule has 196 valence electrons. The fourth-order valence-corrected chi connectivity index (χ4v) is 7.42. The van der Waals surface area contributed by atoms with E-state index in [2.05, 4.69) is 17.1 Å². The van der Waals surface area contributed by atoms with Crippen LogP contribution in [0.15, 0.2) is 59.5 Å². The Labute approximate surface area is 223 Å². The summed E-state index contributed by atoms with van der Waals surface area (Å²) in [5, 5.41) is 3.47. The highest BCUT2D eigenvalue weighted by Gasteiger charge is 2.44. The van der Waals surface area contributed by atoms with Crippen LogP contribution in [0.25, 0.3) is 6.08 Å². The maximum absolute atomic E-state index is 13.8. The molecular weight excluding hydrogens is 485 g/mol. The molecule has 3 aliphatic rings. The summed E-state index contributed by atoms with van der Waals surface area (Å²) in [6.07, 6.45) is 6.68. The van der Waals surface area contributed by atoms with Crippen LogP contribution in [0.3, 0.4) is 0 Å². The Bertz CT molecular complexity index is 1120. The van der Waals surface area contributed by atoms with E-state index in [4.69, 9.17) is 0 Å². The molecule has 5 nitrogen and oxygen atoms in total. The maximum Gasteiger partial charge on any atom is 0.260 e. The molecule has 4 unspecified atom stereocenters. The summed E-state index contributed by atoms with van der Waals surface area (Å²) in [6.45, 7) is 5.42. The van der Waals surface area contributed by atoms with Crippen molar-refractivity contribution in [3.05, 3.63) is 76.4 Å². The average molecular weight is 522 g/mol. The van der Waals surface area contributed by atoms with Crippen LogP contribution in [0.1, 0.15) is 50.2 Å². The molecule has 2 aromatic rings. The number of rotatable bonds is 7. The number of amides is 2. The first kappa shape index (κ1) is 26.0. The number of hydrogen-bond acceptors (Lipinski definition) is 4. The highest BCUT2D eigenvalue weighted by molar-refractivity contribution is 8.04. The van der Waals surface area contributed by atoms with Crippen LogP contribution in [-0.4, -0.2) is 58.6 Å². The van der Waals surface area contributed by atoms with Crippen LogP contribution < -0.4 is 5.32 Å². The third-order valence-electron chi connectivity index (χ3n) is 8.06. The van der Waals surface area contributed by atoms with Crippen molar-refractivity contribution in [2.75, 3.05) is 19.6 Å². The van der Waals surface area contributed by atoms with Crippen molar-refractivity contribution in [2.45, 2.75) is 62.9 Å². The molecule has 2 saturated heterocycles. The lowest BCUT2D eigenvalue weighted by molar-refractivity contribution is -0.133. The summed E-state index contributed by atoms with van der Waals surface area (Å²) < 4.78 is 13.5. The lowest BCUT2D eigenvalue weighted by atomic mass is 9.83. The molecule has 0 spiro atoms. The highest BCUT2D eigenvalue weighted by Crippen LogP contribution is 2.44. The number of carbonyl (C=O) groups excluding carboxylic acids is 2. The van der Waals surface area contributed by atoms with E-state index in [1.807, 2.05) is 41.3 Å². The van der Waals surface area contributed by atoms with E-state index in [0.29, 0.717) is 25.6 Å². The maximum atomic E-state index is 13.8. The molecule has 2 aliphatic heterocycles. The quantitative estimate of drug-likeness (QED) is 0.517. The Balaban J connectivity index is 1.32. The molecule has 2 aromatic carbocycles. The van der Waals surface area contributed by atoms with Crippen molar-refractivity contribution < 1.29 is 14.0 Å². The number of carbonyl (C=O) groups is 2. The summed E-state index contributed by atoms with van der Waals surface area (Å²) in [5.41, 5.74) is 1.89. The van der Waals surface area contributed by atoms with Gasteiger partial charge in [0.05, 0.1) is 4.91 Å². The first-order valence-corrected chi connectivity index (χ1v) is 14.4. The van der Waals surface area contributed by atoms with Gasteiger partial charge in [-0.25, -0.2) is 4.39 Å². The van der Waals surface area contributed by atoms with Crippen molar-refractivity contribution in [3.63, 3.8) is 0 Å². The number of halogens is 1. The van der Waals surface area contributed by atoms with E-state index in [1.54, 1.807) is 23.9 Å². The van der Waals surface area contributed by atoms with Gasteiger partial charge in [0, 0.05) is 36.3 Å². The zero-order chi connectivity index (χ0) is 25.8. The van der Waals surface area contributed by atoms with Crippen molar-refractivity contribution >= 4 is 29.7 Å². The Kier molecular flexibility index (Phi) is 8.30. The third kappa shape index (κ3) is 6.10. The molecule has 0 radical (unpaired) electrons. The summed E-state index contributed by atoms with van der Waals surface area (Å²) in [6, 6.07) is 16.7. The summed E-state index contributed by atoms with van der Waals surface area (Å²) in [4.78, 5) is 32.1. The molecule has 2 heterocycles. The zero-order valence-electron chi connectivity index (χ0n) is 21.4. The summed E-state index contributed by atoms with van der Waals surface area (Å²) in [7, 11) is 0. The van der Waals surface area contributed by atoms with Gasteiger partial charge >= 0.3 is 0 Å². The van der Waals surface area contributed by atoms with Gasteiger partial charge < -0.3 is 10.2 Å². The molecule has 1 saturated carbocycles. The van der Waals surface area contributed by atoms with E-state index in [0.717, 1.165) is 48.4 Å². The lowest BCUT2D eigenvalue weighted by Crippen LogP contribution is -2.54. The van der Waals surface area contributed by atoms with Crippen molar-refractivity contribution in [3.8, 4) is 0 Å². The largest absolute Gasteiger partial charge is 0.354 e. The predicted octanol–water partition coefficient (Wildman–Crippen LogP) is 5.08. The van der Waals surface area contributed by atoms with Gasteiger partial charge in [-0.05, 0) is 74.5 Å². The minimum absolute atomic E-state index is 0.00923. The SMILES string of the molecule is CCN1CCCC1CNC(=O)C1CCC2S/C(=C\c3ccccc3)C(=O)N(Cc3ccc(F)cc3)C2C1. The Morgan fingerprint density at radius 3 is 2.65 bits per heavy atom. The number of likely N-dealkylation sites (tertiary alicyclic amines) is 1. The molecule has 4 atom stereocenters.